The monoisotopic (exact) mass is 347 g/mol. The molecule has 0 bridgehead atoms. The Hall–Kier alpha value is -1.68. The number of hydrogen-bond acceptors (Lipinski definition) is 5. The second kappa shape index (κ2) is 6.39. The number of nitrogens with zero attached hydrogens (tertiary/aromatic N) is 1. The second-order valence-electron chi connectivity index (χ2n) is 3.85. The van der Waals surface area contributed by atoms with E-state index in [0.29, 0.717) is 10.6 Å². The van der Waals surface area contributed by atoms with Crippen LogP contribution in [-0.4, -0.2) is 24.5 Å². The second-order valence-corrected chi connectivity index (χ2v) is 6.61. The molecule has 1 aromatic heterocycles. The maximum Gasteiger partial charge on any atom is 0.357 e. The first-order valence-corrected chi connectivity index (χ1v) is 8.31. The number of aromatic carboxylic acids is 1. The molecule has 3 N–H and O–H groups in total. The normalized spacial score (nSPS) is 11.3. The quantitative estimate of drug-likeness (QED) is 0.740. The Bertz CT molecular complexity index is 760. The standard InChI is InChI=1S/C11H10ClN3O4S2/c12-8-4-2-1-3-7(8)5-14-21(18,19)15-10-9(11(16)17)13-6-20-10/h1-4,6,14-15H,5H2,(H,16,17). The Morgan fingerprint density at radius 2 is 2.10 bits per heavy atom. The van der Waals surface area contributed by atoms with Gasteiger partial charge in [0.05, 0.1) is 5.51 Å². The highest BCUT2D eigenvalue weighted by Crippen LogP contribution is 2.21. The molecular weight excluding hydrogens is 338 g/mol. The Labute approximate surface area is 129 Å². The summed E-state index contributed by atoms with van der Waals surface area (Å²) in [7, 11) is -3.93. The molecule has 0 radical (unpaired) electrons. The van der Waals surface area contributed by atoms with Crippen LogP contribution in [-0.2, 0) is 16.8 Å². The van der Waals surface area contributed by atoms with Gasteiger partial charge < -0.3 is 5.11 Å². The van der Waals surface area contributed by atoms with E-state index in [9.17, 15) is 13.2 Å². The van der Waals surface area contributed by atoms with Crippen LogP contribution in [0.5, 0.6) is 0 Å². The van der Waals surface area contributed by atoms with E-state index in [1.807, 2.05) is 0 Å². The van der Waals surface area contributed by atoms with Gasteiger partial charge in [-0.1, -0.05) is 29.8 Å². The zero-order valence-electron chi connectivity index (χ0n) is 10.4. The van der Waals surface area contributed by atoms with E-state index in [1.165, 1.54) is 5.51 Å². The van der Waals surface area contributed by atoms with Gasteiger partial charge in [-0.25, -0.2) is 9.78 Å². The highest BCUT2D eigenvalue weighted by Gasteiger charge is 2.19. The summed E-state index contributed by atoms with van der Waals surface area (Å²) < 4.78 is 28.2. The van der Waals surface area contributed by atoms with Crippen molar-refractivity contribution in [3.8, 4) is 0 Å². The van der Waals surface area contributed by atoms with E-state index in [0.717, 1.165) is 11.3 Å². The van der Waals surface area contributed by atoms with Gasteiger partial charge in [-0.05, 0) is 11.6 Å². The van der Waals surface area contributed by atoms with Crippen LogP contribution in [0.15, 0.2) is 29.8 Å². The molecule has 0 saturated heterocycles. The van der Waals surface area contributed by atoms with Crippen molar-refractivity contribution in [1.82, 2.24) is 9.71 Å². The molecule has 0 aliphatic rings. The number of carbonyl (C=O) groups is 1. The van der Waals surface area contributed by atoms with Gasteiger partial charge in [0.25, 0.3) is 10.2 Å². The summed E-state index contributed by atoms with van der Waals surface area (Å²) in [5.74, 6) is -1.31. The van der Waals surface area contributed by atoms with Crippen LogP contribution in [0.4, 0.5) is 5.00 Å². The maximum absolute atomic E-state index is 11.9. The summed E-state index contributed by atoms with van der Waals surface area (Å²) in [5.41, 5.74) is 1.51. The Balaban J connectivity index is 2.07. The molecule has 1 heterocycles. The molecule has 1 aromatic carbocycles. The fourth-order valence-corrected chi connectivity index (χ4v) is 3.44. The average Bonchev–Trinajstić information content (AvgIpc) is 2.85. The van der Waals surface area contributed by atoms with Gasteiger partial charge in [0, 0.05) is 11.6 Å². The number of carboxylic acid groups (broad SMARTS) is 1. The highest BCUT2D eigenvalue weighted by atomic mass is 35.5. The fraction of sp³-hybridized carbons (Fsp3) is 0.0909. The predicted octanol–water partition coefficient (Wildman–Crippen LogP) is 1.94. The van der Waals surface area contributed by atoms with Crippen molar-refractivity contribution < 1.29 is 18.3 Å². The summed E-state index contributed by atoms with van der Waals surface area (Å²) in [6.45, 7) is -0.0176. The molecule has 2 rings (SSSR count). The number of thiazole rings is 1. The lowest BCUT2D eigenvalue weighted by atomic mass is 10.2. The van der Waals surface area contributed by atoms with Crippen molar-refractivity contribution in [3.63, 3.8) is 0 Å². The van der Waals surface area contributed by atoms with Gasteiger partial charge >= 0.3 is 5.97 Å². The topological polar surface area (TPSA) is 108 Å². The lowest BCUT2D eigenvalue weighted by Crippen LogP contribution is -2.30. The summed E-state index contributed by atoms with van der Waals surface area (Å²) in [4.78, 5) is 14.4. The third-order valence-electron chi connectivity index (χ3n) is 2.41. The van der Waals surface area contributed by atoms with Crippen molar-refractivity contribution in [3.05, 3.63) is 46.1 Å². The van der Waals surface area contributed by atoms with E-state index in [1.54, 1.807) is 24.3 Å². The number of aromatic nitrogens is 1. The Kier molecular flexibility index (Phi) is 4.78. The first kappa shape index (κ1) is 15.7. The van der Waals surface area contributed by atoms with E-state index in [-0.39, 0.29) is 17.2 Å². The minimum atomic E-state index is -3.93. The fourth-order valence-electron chi connectivity index (χ4n) is 1.44. The van der Waals surface area contributed by atoms with E-state index >= 15 is 0 Å². The number of rotatable bonds is 6. The number of halogens is 1. The van der Waals surface area contributed by atoms with Crippen molar-refractivity contribution in [2.45, 2.75) is 6.54 Å². The zero-order valence-corrected chi connectivity index (χ0v) is 12.8. The summed E-state index contributed by atoms with van der Waals surface area (Å²) in [6.07, 6.45) is 0. The molecule has 0 saturated carbocycles. The molecular formula is C11H10ClN3O4S2. The number of carboxylic acids is 1. The number of benzene rings is 1. The van der Waals surface area contributed by atoms with E-state index < -0.39 is 16.2 Å². The lowest BCUT2D eigenvalue weighted by molar-refractivity contribution is 0.0692. The van der Waals surface area contributed by atoms with Gasteiger partial charge in [0.2, 0.25) is 0 Å². The molecule has 7 nitrogen and oxygen atoms in total. The molecule has 0 unspecified atom stereocenters. The molecule has 0 fully saturated rings. The van der Waals surface area contributed by atoms with Crippen LogP contribution in [0.3, 0.4) is 0 Å². The van der Waals surface area contributed by atoms with Crippen LogP contribution in [0.25, 0.3) is 0 Å². The van der Waals surface area contributed by atoms with Crippen LogP contribution in [0, 0.1) is 0 Å². The molecule has 21 heavy (non-hydrogen) atoms. The van der Waals surface area contributed by atoms with Crippen molar-refractivity contribution >= 4 is 44.1 Å². The lowest BCUT2D eigenvalue weighted by Gasteiger charge is -2.09. The molecule has 0 atom stereocenters. The minimum absolute atomic E-state index is 0.0176. The van der Waals surface area contributed by atoms with E-state index in [4.69, 9.17) is 16.7 Å². The van der Waals surface area contributed by atoms with Gasteiger partial charge in [0.15, 0.2) is 5.69 Å². The maximum atomic E-state index is 11.9. The molecule has 0 amide bonds. The van der Waals surface area contributed by atoms with Gasteiger partial charge in [-0.2, -0.15) is 13.1 Å². The smallest absolute Gasteiger partial charge is 0.357 e. The Morgan fingerprint density at radius 3 is 2.76 bits per heavy atom. The summed E-state index contributed by atoms with van der Waals surface area (Å²) >= 11 is 6.80. The summed E-state index contributed by atoms with van der Waals surface area (Å²) in [5, 5.41) is 9.24. The number of nitrogens with one attached hydrogen (secondary N) is 2. The van der Waals surface area contributed by atoms with Gasteiger partial charge in [-0.3, -0.25) is 4.72 Å². The first-order valence-electron chi connectivity index (χ1n) is 5.56. The van der Waals surface area contributed by atoms with E-state index in [2.05, 4.69) is 14.4 Å². The van der Waals surface area contributed by atoms with Crippen LogP contribution in [0.1, 0.15) is 16.1 Å². The molecule has 112 valence electrons. The largest absolute Gasteiger partial charge is 0.476 e. The zero-order chi connectivity index (χ0) is 15.5. The molecule has 0 spiro atoms. The number of anilines is 1. The van der Waals surface area contributed by atoms with Crippen molar-refractivity contribution in [2.24, 2.45) is 0 Å². The van der Waals surface area contributed by atoms with Gasteiger partial charge in [0.1, 0.15) is 5.00 Å². The third kappa shape index (κ3) is 4.14. The van der Waals surface area contributed by atoms with Crippen LogP contribution >= 0.6 is 22.9 Å². The predicted molar refractivity (Wildman–Crippen MR) is 79.9 cm³/mol. The van der Waals surface area contributed by atoms with Crippen LogP contribution in [0.2, 0.25) is 5.02 Å². The van der Waals surface area contributed by atoms with Crippen molar-refractivity contribution in [2.75, 3.05) is 4.72 Å². The third-order valence-corrected chi connectivity index (χ3v) is 4.64. The average molecular weight is 348 g/mol. The molecule has 10 heteroatoms. The van der Waals surface area contributed by atoms with Crippen LogP contribution < -0.4 is 9.44 Å². The SMILES string of the molecule is O=C(O)c1ncsc1NS(=O)(=O)NCc1ccccc1Cl. The minimum Gasteiger partial charge on any atom is -0.476 e. The molecule has 0 aliphatic heterocycles. The number of hydrogen-bond donors (Lipinski definition) is 3. The Morgan fingerprint density at radius 1 is 1.38 bits per heavy atom. The first-order chi connectivity index (χ1) is 9.89. The molecule has 2 aromatic rings. The van der Waals surface area contributed by atoms with Crippen molar-refractivity contribution in [1.29, 1.82) is 0 Å². The molecule has 0 aliphatic carbocycles. The summed E-state index contributed by atoms with van der Waals surface area (Å²) in [6, 6.07) is 6.79. The highest BCUT2D eigenvalue weighted by molar-refractivity contribution is 7.91. The van der Waals surface area contributed by atoms with Gasteiger partial charge in [-0.15, -0.1) is 11.3 Å².